The van der Waals surface area contributed by atoms with Crippen LogP contribution in [0.15, 0.2) is 78.9 Å². The number of hydrogen-bond acceptors (Lipinski definition) is 3. The van der Waals surface area contributed by atoms with Gasteiger partial charge in [-0.1, -0.05) is 41.9 Å². The Morgan fingerprint density at radius 1 is 0.879 bits per heavy atom. The highest BCUT2D eigenvalue weighted by Crippen LogP contribution is 2.24. The molecule has 1 aliphatic rings. The Labute approximate surface area is 197 Å². The summed E-state index contributed by atoms with van der Waals surface area (Å²) in [5.41, 5.74) is 2.75. The lowest BCUT2D eigenvalue weighted by atomic mass is 10.1. The van der Waals surface area contributed by atoms with Crippen LogP contribution in [-0.4, -0.2) is 24.3 Å². The molecule has 3 aromatic rings. The average molecular weight is 462 g/mol. The fraction of sp³-hybridized carbons (Fsp3) is 0.160. The Hall–Kier alpha value is -3.84. The second-order valence-corrected chi connectivity index (χ2v) is 8.12. The zero-order valence-corrected chi connectivity index (χ0v) is 18.6. The molecular weight excluding hydrogens is 438 g/mol. The first kappa shape index (κ1) is 22.4. The number of benzene rings is 3. The van der Waals surface area contributed by atoms with Gasteiger partial charge in [-0.15, -0.1) is 0 Å². The van der Waals surface area contributed by atoms with E-state index < -0.39 is 12.1 Å². The molecular formula is C25H24ClN5O2. The third-order valence-corrected chi connectivity index (χ3v) is 5.59. The molecule has 3 amide bonds. The zero-order valence-electron chi connectivity index (χ0n) is 17.8. The summed E-state index contributed by atoms with van der Waals surface area (Å²) in [4.78, 5) is 27.7. The molecule has 1 unspecified atom stereocenters. The lowest BCUT2D eigenvalue weighted by Crippen LogP contribution is -2.39. The molecule has 8 heteroatoms. The number of hydrogen-bond donors (Lipinski definition) is 4. The summed E-state index contributed by atoms with van der Waals surface area (Å²) >= 11 is 5.89. The van der Waals surface area contributed by atoms with Crippen molar-refractivity contribution in [1.29, 1.82) is 5.41 Å². The number of anilines is 3. The molecule has 1 fully saturated rings. The summed E-state index contributed by atoms with van der Waals surface area (Å²) in [5, 5.41) is 16.9. The number of amides is 3. The second-order valence-electron chi connectivity index (χ2n) is 7.69. The molecule has 1 heterocycles. The number of nitrogens with one attached hydrogen (secondary N) is 4. The van der Waals surface area contributed by atoms with Crippen molar-refractivity contribution in [1.82, 2.24) is 5.32 Å². The van der Waals surface area contributed by atoms with Crippen molar-refractivity contribution in [2.24, 2.45) is 0 Å². The quantitative estimate of drug-likeness (QED) is 0.394. The Bertz CT molecular complexity index is 1130. The summed E-state index contributed by atoms with van der Waals surface area (Å²) < 4.78 is 0. The van der Waals surface area contributed by atoms with E-state index in [0.29, 0.717) is 27.8 Å². The van der Waals surface area contributed by atoms with Gasteiger partial charge in [0, 0.05) is 35.1 Å². The lowest BCUT2D eigenvalue weighted by Gasteiger charge is -2.20. The zero-order chi connectivity index (χ0) is 23.2. The first-order chi connectivity index (χ1) is 16.0. The number of carbonyl (C=O) groups is 2. The minimum atomic E-state index is -0.898. The van der Waals surface area contributed by atoms with Crippen LogP contribution in [0.5, 0.6) is 0 Å². The molecule has 7 nitrogen and oxygen atoms in total. The van der Waals surface area contributed by atoms with E-state index in [2.05, 4.69) is 16.0 Å². The van der Waals surface area contributed by atoms with E-state index in [-0.39, 0.29) is 5.91 Å². The molecule has 0 aliphatic carbocycles. The predicted octanol–water partition coefficient (Wildman–Crippen LogP) is 5.42. The molecule has 0 spiro atoms. The van der Waals surface area contributed by atoms with Crippen LogP contribution in [0.1, 0.15) is 24.4 Å². The van der Waals surface area contributed by atoms with Crippen LogP contribution in [0.2, 0.25) is 5.02 Å². The van der Waals surface area contributed by atoms with Crippen LogP contribution in [0, 0.1) is 5.41 Å². The van der Waals surface area contributed by atoms with Crippen molar-refractivity contribution in [2.75, 3.05) is 22.1 Å². The highest BCUT2D eigenvalue weighted by atomic mass is 35.5. The third-order valence-electron chi connectivity index (χ3n) is 5.34. The molecule has 1 aliphatic heterocycles. The second kappa shape index (κ2) is 10.2. The normalized spacial score (nSPS) is 14.0. The molecule has 0 bridgehead atoms. The SMILES string of the molecule is N=C1CCCN1c1ccc(NC(=O)C(NC(=O)Nc2ccc(Cl)cc2)c2ccccc2)cc1. The van der Waals surface area contributed by atoms with Gasteiger partial charge in [-0.25, -0.2) is 4.79 Å². The van der Waals surface area contributed by atoms with Gasteiger partial charge in [0.2, 0.25) is 0 Å². The number of urea groups is 1. The van der Waals surface area contributed by atoms with Crippen LogP contribution in [0.3, 0.4) is 0 Å². The maximum atomic E-state index is 13.1. The number of amidine groups is 1. The van der Waals surface area contributed by atoms with Gasteiger partial charge >= 0.3 is 6.03 Å². The van der Waals surface area contributed by atoms with Crippen molar-refractivity contribution in [3.05, 3.63) is 89.4 Å². The van der Waals surface area contributed by atoms with E-state index in [9.17, 15) is 9.59 Å². The van der Waals surface area contributed by atoms with Crippen LogP contribution in [0.4, 0.5) is 21.9 Å². The van der Waals surface area contributed by atoms with Crippen molar-refractivity contribution in [3.8, 4) is 0 Å². The monoisotopic (exact) mass is 461 g/mol. The van der Waals surface area contributed by atoms with Gasteiger partial charge in [0.05, 0.1) is 0 Å². The van der Waals surface area contributed by atoms with Gasteiger partial charge in [0.1, 0.15) is 11.9 Å². The summed E-state index contributed by atoms with van der Waals surface area (Å²) in [6.45, 7) is 0.827. The van der Waals surface area contributed by atoms with Crippen molar-refractivity contribution >= 4 is 46.4 Å². The molecule has 168 valence electrons. The minimum absolute atomic E-state index is 0.367. The molecule has 4 N–H and O–H groups in total. The van der Waals surface area contributed by atoms with Crippen molar-refractivity contribution < 1.29 is 9.59 Å². The van der Waals surface area contributed by atoms with E-state index in [1.54, 1.807) is 48.5 Å². The molecule has 0 saturated carbocycles. The Balaban J connectivity index is 1.46. The Morgan fingerprint density at radius 3 is 2.15 bits per heavy atom. The first-order valence-electron chi connectivity index (χ1n) is 10.6. The van der Waals surface area contributed by atoms with Gasteiger partial charge in [-0.2, -0.15) is 0 Å². The van der Waals surface area contributed by atoms with E-state index >= 15 is 0 Å². The van der Waals surface area contributed by atoms with Gasteiger partial charge in [-0.3, -0.25) is 10.2 Å². The van der Waals surface area contributed by atoms with Crippen molar-refractivity contribution in [2.45, 2.75) is 18.9 Å². The lowest BCUT2D eigenvalue weighted by molar-refractivity contribution is -0.118. The van der Waals surface area contributed by atoms with E-state index in [4.69, 9.17) is 17.0 Å². The van der Waals surface area contributed by atoms with Crippen LogP contribution in [0.25, 0.3) is 0 Å². The smallest absolute Gasteiger partial charge is 0.320 e. The molecule has 1 atom stereocenters. The standard InChI is InChI=1S/C25H24ClN5O2/c26-18-8-10-20(11-9-18)29-25(33)30-23(17-5-2-1-3-6-17)24(32)28-19-12-14-21(15-13-19)31-16-4-7-22(31)27/h1-3,5-6,8-15,23,27H,4,7,16H2,(H,28,32)(H2,29,30,33). The predicted molar refractivity (Wildman–Crippen MR) is 132 cm³/mol. The molecule has 0 aromatic heterocycles. The maximum absolute atomic E-state index is 13.1. The fourth-order valence-corrected chi connectivity index (χ4v) is 3.80. The molecule has 4 rings (SSSR count). The molecule has 3 aromatic carbocycles. The van der Waals surface area contributed by atoms with Crippen LogP contribution in [-0.2, 0) is 4.79 Å². The highest BCUT2D eigenvalue weighted by Gasteiger charge is 2.23. The van der Waals surface area contributed by atoms with Gasteiger partial charge in [-0.05, 0) is 60.5 Å². The van der Waals surface area contributed by atoms with Crippen LogP contribution >= 0.6 is 11.6 Å². The molecule has 0 radical (unpaired) electrons. The Morgan fingerprint density at radius 2 is 1.52 bits per heavy atom. The maximum Gasteiger partial charge on any atom is 0.320 e. The number of carbonyl (C=O) groups excluding carboxylic acids is 2. The third kappa shape index (κ3) is 5.70. The summed E-state index contributed by atoms with van der Waals surface area (Å²) in [6.07, 6.45) is 1.75. The van der Waals surface area contributed by atoms with E-state index in [1.807, 2.05) is 35.2 Å². The van der Waals surface area contributed by atoms with E-state index in [1.165, 1.54) is 0 Å². The summed E-state index contributed by atoms with van der Waals surface area (Å²) in [5.74, 6) is 0.237. The Kier molecular flexibility index (Phi) is 6.90. The van der Waals surface area contributed by atoms with Gasteiger partial charge in [0.25, 0.3) is 5.91 Å². The topological polar surface area (TPSA) is 97.3 Å². The fourth-order valence-electron chi connectivity index (χ4n) is 3.68. The number of nitrogens with zero attached hydrogens (tertiary/aromatic N) is 1. The average Bonchev–Trinajstić information content (AvgIpc) is 3.26. The molecule has 1 saturated heterocycles. The summed E-state index contributed by atoms with van der Waals surface area (Å²) in [7, 11) is 0. The molecule has 33 heavy (non-hydrogen) atoms. The van der Waals surface area contributed by atoms with Crippen molar-refractivity contribution in [3.63, 3.8) is 0 Å². The van der Waals surface area contributed by atoms with Crippen LogP contribution < -0.4 is 20.9 Å². The largest absolute Gasteiger partial charge is 0.330 e. The summed E-state index contributed by atoms with van der Waals surface area (Å²) in [6, 6.07) is 21.7. The van der Waals surface area contributed by atoms with Gasteiger partial charge < -0.3 is 20.9 Å². The number of halogens is 1. The first-order valence-corrected chi connectivity index (χ1v) is 11.0. The minimum Gasteiger partial charge on any atom is -0.330 e. The highest BCUT2D eigenvalue weighted by molar-refractivity contribution is 6.30. The van der Waals surface area contributed by atoms with E-state index in [0.717, 1.165) is 25.1 Å². The van der Waals surface area contributed by atoms with Gasteiger partial charge in [0.15, 0.2) is 0 Å². The number of rotatable bonds is 6.